The van der Waals surface area contributed by atoms with Crippen LogP contribution in [0.1, 0.15) is 11.4 Å². The molecule has 4 N–H and O–H groups in total. The number of amides is 2. The Morgan fingerprint density at radius 2 is 2.17 bits per heavy atom. The number of aliphatic carboxylic acids is 1. The van der Waals surface area contributed by atoms with Crippen LogP contribution in [-0.4, -0.2) is 47.1 Å². The zero-order chi connectivity index (χ0) is 13.5. The molecular formula is C10H16N4O4. The van der Waals surface area contributed by atoms with E-state index in [1.807, 2.05) is 0 Å². The fraction of sp³-hybridized carbons (Fsp3) is 0.500. The predicted octanol–water partition coefficient (Wildman–Crippen LogP) is 0.249. The Balaban J connectivity index is 2.24. The summed E-state index contributed by atoms with van der Waals surface area (Å²) >= 11 is 0. The number of aromatic amines is 1. The van der Waals surface area contributed by atoms with Gasteiger partial charge in [0.1, 0.15) is 6.61 Å². The maximum Gasteiger partial charge on any atom is 0.329 e. The Labute approximate surface area is 104 Å². The first-order valence-corrected chi connectivity index (χ1v) is 5.36. The van der Waals surface area contributed by atoms with Crippen LogP contribution >= 0.6 is 0 Å². The summed E-state index contributed by atoms with van der Waals surface area (Å²) in [5.74, 6) is -1.04. The minimum atomic E-state index is -1.04. The fourth-order valence-electron chi connectivity index (χ4n) is 1.29. The fourth-order valence-corrected chi connectivity index (χ4v) is 1.29. The van der Waals surface area contributed by atoms with Crippen molar-refractivity contribution in [1.29, 1.82) is 0 Å². The summed E-state index contributed by atoms with van der Waals surface area (Å²) in [6, 6.07) is -0.387. The topological polar surface area (TPSA) is 116 Å². The molecule has 1 rings (SSSR count). The first kappa shape index (κ1) is 14.0. The van der Waals surface area contributed by atoms with Gasteiger partial charge in [-0.1, -0.05) is 0 Å². The third-order valence-corrected chi connectivity index (χ3v) is 2.12. The Hall–Kier alpha value is -2.09. The van der Waals surface area contributed by atoms with Gasteiger partial charge in [-0.15, -0.1) is 0 Å². The first-order chi connectivity index (χ1) is 8.50. The third-order valence-electron chi connectivity index (χ3n) is 2.12. The van der Waals surface area contributed by atoms with E-state index in [-0.39, 0.29) is 25.8 Å². The minimum absolute atomic E-state index is 0.142. The number of hydrogen-bond donors (Lipinski definition) is 4. The summed E-state index contributed by atoms with van der Waals surface area (Å²) in [6.45, 7) is 3.57. The van der Waals surface area contributed by atoms with E-state index in [1.54, 1.807) is 13.8 Å². The normalized spacial score (nSPS) is 10.1. The molecule has 0 spiro atoms. The smallest absolute Gasteiger partial charge is 0.329 e. The highest BCUT2D eigenvalue weighted by Crippen LogP contribution is 2.15. The Bertz CT molecular complexity index is 410. The van der Waals surface area contributed by atoms with Crippen LogP contribution in [-0.2, 0) is 9.53 Å². The summed E-state index contributed by atoms with van der Waals surface area (Å²) in [5, 5.41) is 20.2. The van der Waals surface area contributed by atoms with Crippen molar-refractivity contribution in [2.45, 2.75) is 13.8 Å². The second-order valence-electron chi connectivity index (χ2n) is 3.64. The molecule has 1 aromatic rings. The van der Waals surface area contributed by atoms with Gasteiger partial charge in [-0.25, -0.2) is 9.59 Å². The highest BCUT2D eigenvalue weighted by Gasteiger charge is 2.09. The van der Waals surface area contributed by atoms with E-state index < -0.39 is 5.97 Å². The van der Waals surface area contributed by atoms with Gasteiger partial charge in [0.05, 0.1) is 23.7 Å². The molecule has 0 unspecified atom stereocenters. The number of rotatable bonds is 6. The van der Waals surface area contributed by atoms with Crippen molar-refractivity contribution in [3.63, 3.8) is 0 Å². The number of urea groups is 1. The number of ether oxygens (including phenoxy) is 1. The Morgan fingerprint density at radius 3 is 2.72 bits per heavy atom. The number of H-pyrrole nitrogens is 1. The highest BCUT2D eigenvalue weighted by atomic mass is 16.5. The molecule has 8 heteroatoms. The van der Waals surface area contributed by atoms with Gasteiger partial charge < -0.3 is 20.5 Å². The van der Waals surface area contributed by atoms with Crippen LogP contribution in [0.4, 0.5) is 10.5 Å². The van der Waals surface area contributed by atoms with Crippen LogP contribution < -0.4 is 10.6 Å². The lowest BCUT2D eigenvalue weighted by molar-refractivity contribution is -0.142. The van der Waals surface area contributed by atoms with Crippen molar-refractivity contribution >= 4 is 17.7 Å². The Morgan fingerprint density at radius 1 is 1.44 bits per heavy atom. The summed E-state index contributed by atoms with van der Waals surface area (Å²) in [6.07, 6.45) is 0. The van der Waals surface area contributed by atoms with E-state index in [1.165, 1.54) is 0 Å². The minimum Gasteiger partial charge on any atom is -0.480 e. The van der Waals surface area contributed by atoms with Gasteiger partial charge in [-0.2, -0.15) is 5.10 Å². The molecule has 1 aromatic heterocycles. The zero-order valence-corrected chi connectivity index (χ0v) is 10.2. The number of hydrogen-bond acceptors (Lipinski definition) is 4. The van der Waals surface area contributed by atoms with Crippen LogP contribution in [0.3, 0.4) is 0 Å². The second kappa shape index (κ2) is 6.60. The number of nitrogens with one attached hydrogen (secondary N) is 3. The van der Waals surface area contributed by atoms with Crippen LogP contribution in [0.2, 0.25) is 0 Å². The number of carboxylic acid groups (broad SMARTS) is 1. The zero-order valence-electron chi connectivity index (χ0n) is 10.2. The van der Waals surface area contributed by atoms with Crippen LogP contribution in [0.5, 0.6) is 0 Å². The quantitative estimate of drug-likeness (QED) is 0.544. The molecule has 1 heterocycles. The molecule has 0 aliphatic heterocycles. The van der Waals surface area contributed by atoms with Crippen molar-refractivity contribution in [2.24, 2.45) is 0 Å². The molecular weight excluding hydrogens is 240 g/mol. The van der Waals surface area contributed by atoms with Crippen molar-refractivity contribution in [3.8, 4) is 0 Å². The molecule has 0 saturated heterocycles. The summed E-state index contributed by atoms with van der Waals surface area (Å²) in [5.41, 5.74) is 2.11. The van der Waals surface area contributed by atoms with E-state index in [0.717, 1.165) is 5.69 Å². The van der Waals surface area contributed by atoms with Crippen molar-refractivity contribution in [3.05, 3.63) is 11.4 Å². The van der Waals surface area contributed by atoms with Gasteiger partial charge >= 0.3 is 12.0 Å². The summed E-state index contributed by atoms with van der Waals surface area (Å²) in [7, 11) is 0. The molecule has 0 radical (unpaired) electrons. The molecule has 0 fully saturated rings. The Kier molecular flexibility index (Phi) is 5.12. The summed E-state index contributed by atoms with van der Waals surface area (Å²) in [4.78, 5) is 21.6. The lowest BCUT2D eigenvalue weighted by Crippen LogP contribution is -2.32. The van der Waals surface area contributed by atoms with Gasteiger partial charge in [0, 0.05) is 6.54 Å². The first-order valence-electron chi connectivity index (χ1n) is 5.36. The van der Waals surface area contributed by atoms with Gasteiger partial charge in [0.15, 0.2) is 0 Å². The average molecular weight is 256 g/mol. The monoisotopic (exact) mass is 256 g/mol. The largest absolute Gasteiger partial charge is 0.480 e. The van der Waals surface area contributed by atoms with Crippen LogP contribution in [0, 0.1) is 13.8 Å². The number of aromatic nitrogens is 2. The van der Waals surface area contributed by atoms with Gasteiger partial charge in [0.2, 0.25) is 0 Å². The van der Waals surface area contributed by atoms with Gasteiger partial charge in [-0.3, -0.25) is 5.10 Å². The van der Waals surface area contributed by atoms with E-state index >= 15 is 0 Å². The maximum atomic E-state index is 11.5. The van der Waals surface area contributed by atoms with E-state index in [0.29, 0.717) is 11.4 Å². The van der Waals surface area contributed by atoms with Crippen molar-refractivity contribution < 1.29 is 19.4 Å². The molecule has 0 aliphatic rings. The number of carbonyl (C=O) groups excluding carboxylic acids is 1. The number of carboxylic acids is 1. The molecule has 8 nitrogen and oxygen atoms in total. The predicted molar refractivity (Wildman–Crippen MR) is 63.5 cm³/mol. The van der Waals surface area contributed by atoms with Gasteiger partial charge in [-0.05, 0) is 13.8 Å². The van der Waals surface area contributed by atoms with Crippen molar-refractivity contribution in [1.82, 2.24) is 15.5 Å². The average Bonchev–Trinajstić information content (AvgIpc) is 2.60. The number of aryl methyl sites for hydroxylation is 2. The molecule has 0 aliphatic carbocycles. The van der Waals surface area contributed by atoms with Crippen molar-refractivity contribution in [2.75, 3.05) is 25.1 Å². The highest BCUT2D eigenvalue weighted by molar-refractivity contribution is 5.90. The van der Waals surface area contributed by atoms with E-state index in [2.05, 4.69) is 20.8 Å². The molecule has 0 atom stereocenters. The lowest BCUT2D eigenvalue weighted by atomic mass is 10.3. The number of anilines is 1. The van der Waals surface area contributed by atoms with E-state index in [9.17, 15) is 9.59 Å². The third kappa shape index (κ3) is 4.42. The molecule has 0 bridgehead atoms. The molecule has 100 valence electrons. The second-order valence-corrected chi connectivity index (χ2v) is 3.64. The standard InChI is InChI=1S/C10H16N4O4/c1-6-9(7(2)14-13-6)12-10(17)11-3-4-18-5-8(15)16/h3-5H2,1-2H3,(H,13,14)(H,15,16)(H2,11,12,17). The lowest BCUT2D eigenvalue weighted by Gasteiger charge is -2.07. The number of nitrogens with zero attached hydrogens (tertiary/aromatic N) is 1. The van der Waals surface area contributed by atoms with Gasteiger partial charge in [0.25, 0.3) is 0 Å². The maximum absolute atomic E-state index is 11.5. The molecule has 0 aromatic carbocycles. The molecule has 2 amide bonds. The van der Waals surface area contributed by atoms with Crippen LogP contribution in [0.15, 0.2) is 0 Å². The van der Waals surface area contributed by atoms with E-state index in [4.69, 9.17) is 9.84 Å². The molecule has 0 saturated carbocycles. The molecule has 18 heavy (non-hydrogen) atoms. The summed E-state index contributed by atoms with van der Waals surface area (Å²) < 4.78 is 4.77. The van der Waals surface area contributed by atoms with Crippen LogP contribution in [0.25, 0.3) is 0 Å². The SMILES string of the molecule is Cc1n[nH]c(C)c1NC(=O)NCCOCC(=O)O. The number of carbonyl (C=O) groups is 2.